The summed E-state index contributed by atoms with van der Waals surface area (Å²) in [6.45, 7) is 2.43. The van der Waals surface area contributed by atoms with E-state index in [-0.39, 0.29) is 47.8 Å². The summed E-state index contributed by atoms with van der Waals surface area (Å²) in [7, 11) is 0. The first kappa shape index (κ1) is 24.7. The van der Waals surface area contributed by atoms with E-state index < -0.39 is 0 Å². The summed E-state index contributed by atoms with van der Waals surface area (Å²) < 4.78 is 10.4. The van der Waals surface area contributed by atoms with Crippen molar-refractivity contribution in [2.75, 3.05) is 19.8 Å². The van der Waals surface area contributed by atoms with Crippen molar-refractivity contribution < 1.29 is 36.8 Å². The fourth-order valence-corrected chi connectivity index (χ4v) is 2.23. The van der Waals surface area contributed by atoms with E-state index in [9.17, 15) is 10.2 Å². The predicted molar refractivity (Wildman–Crippen MR) is 110 cm³/mol. The van der Waals surface area contributed by atoms with Crippen LogP contribution in [0.4, 0.5) is 0 Å². The Labute approximate surface area is 187 Å². The molecule has 0 aromatic heterocycles. The van der Waals surface area contributed by atoms with Crippen LogP contribution in [-0.4, -0.2) is 38.2 Å². The summed E-state index contributed by atoms with van der Waals surface area (Å²) in [5.41, 5.74) is 0.886. The number of ether oxygens (including phenoxy) is 2. The maximum Gasteiger partial charge on any atom is 2.00 e. The van der Waals surface area contributed by atoms with E-state index in [4.69, 9.17) is 22.3 Å². The van der Waals surface area contributed by atoms with Crippen molar-refractivity contribution in [3.63, 3.8) is 0 Å². The smallest absolute Gasteiger partial charge is 0.872 e. The van der Waals surface area contributed by atoms with Crippen LogP contribution in [0.5, 0.6) is 23.0 Å². The molecule has 0 saturated carbocycles. The quantitative estimate of drug-likeness (QED) is 0.330. The monoisotopic (exact) mass is 451 g/mol. The molecule has 0 heterocycles. The summed E-state index contributed by atoms with van der Waals surface area (Å²) in [6.07, 6.45) is 13.2. The topological polar surface area (TPSA) is 89.3 Å². The van der Waals surface area contributed by atoms with Crippen molar-refractivity contribution in [3.8, 4) is 47.7 Å². The van der Waals surface area contributed by atoms with Gasteiger partial charge in [0.1, 0.15) is 24.7 Å². The number of terminal acetylenes is 2. The molecule has 0 saturated heterocycles. The summed E-state index contributed by atoms with van der Waals surface area (Å²) in [6, 6.07) is 9.14. The van der Waals surface area contributed by atoms with Crippen LogP contribution in [0.15, 0.2) is 46.4 Å². The average Bonchev–Trinajstić information content (AvgIpc) is 2.71. The fraction of sp³-hybridized carbons (Fsp3) is 0.217. The van der Waals surface area contributed by atoms with E-state index in [0.717, 1.165) is 0 Å². The van der Waals surface area contributed by atoms with Gasteiger partial charge < -0.3 is 19.7 Å². The summed E-state index contributed by atoms with van der Waals surface area (Å²) in [4.78, 5) is 8.57. The van der Waals surface area contributed by atoms with Gasteiger partial charge in [0.25, 0.3) is 0 Å². The third-order valence-electron chi connectivity index (χ3n) is 3.68. The van der Waals surface area contributed by atoms with E-state index in [1.54, 1.807) is 24.3 Å². The third kappa shape index (κ3) is 7.93. The van der Waals surface area contributed by atoms with Gasteiger partial charge in [-0.25, -0.2) is 0 Å². The van der Waals surface area contributed by atoms with Crippen molar-refractivity contribution >= 4 is 12.4 Å². The number of hydrogen-bond donors (Lipinski definition) is 0. The average molecular weight is 452 g/mol. The van der Waals surface area contributed by atoms with Crippen molar-refractivity contribution in [1.82, 2.24) is 0 Å². The van der Waals surface area contributed by atoms with Gasteiger partial charge in [-0.05, 0) is 42.3 Å². The zero-order chi connectivity index (χ0) is 21.1. The standard InChI is InChI=1S/C23H22N2O4.Cu/c1-4-10-28-20-8-6-18(22(26)12-20)15-24-14-17(3)25-16-19-7-9-21(13-23(19)27)29-11-5-2;/h1-2,6-9,12-13,15-17,26-27H,10-11,14H2,3H3;/q;+2/p-2. The molecule has 0 N–H and O–H groups in total. The molecule has 1 radical (unpaired) electrons. The maximum atomic E-state index is 12.0. The van der Waals surface area contributed by atoms with Gasteiger partial charge in [0.15, 0.2) is 0 Å². The number of aliphatic imine (C=N–C) groups is 2. The Bertz CT molecular complexity index is 974. The largest absolute Gasteiger partial charge is 2.00 e. The molecule has 30 heavy (non-hydrogen) atoms. The van der Waals surface area contributed by atoms with Crippen LogP contribution in [0.25, 0.3) is 0 Å². The van der Waals surface area contributed by atoms with Gasteiger partial charge in [0, 0.05) is 12.4 Å². The van der Waals surface area contributed by atoms with Crippen LogP contribution in [0.2, 0.25) is 0 Å². The minimum atomic E-state index is -0.206. The molecule has 0 amide bonds. The van der Waals surface area contributed by atoms with Crippen LogP contribution in [0, 0.1) is 24.7 Å². The van der Waals surface area contributed by atoms with E-state index >= 15 is 0 Å². The Kier molecular flexibility index (Phi) is 10.6. The first-order valence-corrected chi connectivity index (χ1v) is 8.81. The maximum absolute atomic E-state index is 12.0. The second-order valence-electron chi connectivity index (χ2n) is 6.01. The number of rotatable bonds is 9. The molecule has 2 aromatic rings. The Morgan fingerprint density at radius 3 is 1.90 bits per heavy atom. The zero-order valence-corrected chi connectivity index (χ0v) is 17.2. The molecular weight excluding hydrogens is 432 g/mol. The molecule has 0 bridgehead atoms. The molecule has 2 aromatic carbocycles. The molecule has 0 aliphatic carbocycles. The van der Waals surface area contributed by atoms with Crippen molar-refractivity contribution in [2.24, 2.45) is 9.98 Å². The molecule has 0 fully saturated rings. The van der Waals surface area contributed by atoms with Crippen LogP contribution in [-0.2, 0) is 17.1 Å². The summed E-state index contributed by atoms with van der Waals surface area (Å²) >= 11 is 0. The van der Waals surface area contributed by atoms with Crippen LogP contribution in [0.1, 0.15) is 18.1 Å². The van der Waals surface area contributed by atoms with Crippen LogP contribution < -0.4 is 19.7 Å². The molecule has 1 atom stereocenters. The van der Waals surface area contributed by atoms with Crippen molar-refractivity contribution in [1.29, 1.82) is 0 Å². The van der Waals surface area contributed by atoms with Gasteiger partial charge in [-0.2, -0.15) is 0 Å². The normalized spacial score (nSPS) is 11.4. The molecule has 157 valence electrons. The zero-order valence-electron chi connectivity index (χ0n) is 16.3. The number of hydrogen-bond acceptors (Lipinski definition) is 6. The van der Waals surface area contributed by atoms with Gasteiger partial charge in [0.2, 0.25) is 0 Å². The van der Waals surface area contributed by atoms with Crippen LogP contribution >= 0.6 is 0 Å². The predicted octanol–water partition coefficient (Wildman–Crippen LogP) is 1.78. The van der Waals surface area contributed by atoms with Gasteiger partial charge >= 0.3 is 17.1 Å². The van der Waals surface area contributed by atoms with Gasteiger partial charge in [-0.1, -0.05) is 35.5 Å². The van der Waals surface area contributed by atoms with Gasteiger partial charge in [0.05, 0.1) is 12.6 Å². The second-order valence-corrected chi connectivity index (χ2v) is 6.01. The molecule has 6 nitrogen and oxygen atoms in total. The van der Waals surface area contributed by atoms with E-state index in [1.165, 1.54) is 24.6 Å². The SMILES string of the molecule is C#CCOc1ccc(C=NCC(C)N=Cc2ccc(OCC#C)cc2[O-])c([O-])c1.[Cu+2]. The Morgan fingerprint density at radius 2 is 1.43 bits per heavy atom. The molecular formula is C23H20CuN2O4. The molecule has 0 spiro atoms. The minimum Gasteiger partial charge on any atom is -0.872 e. The number of benzene rings is 2. The van der Waals surface area contributed by atoms with Gasteiger partial charge in [-0.3, -0.25) is 9.98 Å². The Balaban J connectivity index is 0.00000450. The van der Waals surface area contributed by atoms with Crippen molar-refractivity contribution in [3.05, 3.63) is 47.5 Å². The minimum absolute atomic E-state index is 0. The fourth-order valence-electron chi connectivity index (χ4n) is 2.23. The molecule has 7 heteroatoms. The van der Waals surface area contributed by atoms with E-state index in [1.807, 2.05) is 6.92 Å². The summed E-state index contributed by atoms with van der Waals surface area (Å²) in [5, 5.41) is 24.0. The third-order valence-corrected chi connectivity index (χ3v) is 3.68. The second kappa shape index (κ2) is 13.0. The van der Waals surface area contributed by atoms with E-state index in [2.05, 4.69) is 21.8 Å². The molecule has 2 rings (SSSR count). The first-order chi connectivity index (χ1) is 14.0. The summed E-state index contributed by atoms with van der Waals surface area (Å²) in [5.74, 6) is 5.11. The van der Waals surface area contributed by atoms with Crippen molar-refractivity contribution in [2.45, 2.75) is 13.0 Å². The molecule has 1 unspecified atom stereocenters. The van der Waals surface area contributed by atoms with E-state index in [0.29, 0.717) is 29.2 Å². The number of nitrogens with zero attached hydrogens (tertiary/aromatic N) is 2. The molecule has 0 aliphatic heterocycles. The van der Waals surface area contributed by atoms with Crippen LogP contribution in [0.3, 0.4) is 0 Å². The molecule has 0 aliphatic rings. The Hall–Kier alpha value is -3.38. The Morgan fingerprint density at radius 1 is 0.933 bits per heavy atom. The first-order valence-electron chi connectivity index (χ1n) is 8.81. The van der Waals surface area contributed by atoms with Gasteiger partial charge in [-0.15, -0.1) is 12.8 Å².